The van der Waals surface area contributed by atoms with E-state index in [1.54, 1.807) is 55.6 Å². The van der Waals surface area contributed by atoms with E-state index in [2.05, 4.69) is 11.1 Å². The number of amides is 1. The molecule has 1 fully saturated rings. The highest BCUT2D eigenvalue weighted by Crippen LogP contribution is 2.38. The first-order chi connectivity index (χ1) is 17.3. The largest absolute Gasteiger partial charge is 0.486 e. The number of nitriles is 1. The lowest BCUT2D eigenvalue weighted by atomic mass is 10.1. The zero-order valence-corrected chi connectivity index (χ0v) is 21.1. The molecule has 7 nitrogen and oxygen atoms in total. The van der Waals surface area contributed by atoms with Gasteiger partial charge in [-0.3, -0.25) is 9.69 Å². The average Bonchev–Trinajstić information content (AvgIpc) is 3.11. The number of carboxylic acids is 1. The van der Waals surface area contributed by atoms with E-state index in [-0.39, 0.29) is 33.9 Å². The molecule has 1 aliphatic heterocycles. The molecule has 3 aromatic carbocycles. The van der Waals surface area contributed by atoms with Gasteiger partial charge < -0.3 is 9.84 Å². The fraction of sp³-hybridized carbons (Fsp3) is 0.0769. The number of benzene rings is 3. The van der Waals surface area contributed by atoms with Crippen molar-refractivity contribution in [1.82, 2.24) is 4.90 Å². The molecule has 1 aliphatic rings. The number of carbonyl (C=O) groups is 2. The van der Waals surface area contributed by atoms with Crippen LogP contribution in [0.25, 0.3) is 6.08 Å². The van der Waals surface area contributed by atoms with Gasteiger partial charge in [0.05, 0.1) is 37.8 Å². The first-order valence-electron chi connectivity index (χ1n) is 10.5. The van der Waals surface area contributed by atoms with E-state index < -0.39 is 5.97 Å². The van der Waals surface area contributed by atoms with Gasteiger partial charge in [-0.1, -0.05) is 41.4 Å². The van der Waals surface area contributed by atoms with E-state index in [1.807, 2.05) is 6.07 Å². The molecule has 0 bridgehead atoms. The number of hydrogen-bond donors (Lipinski definition) is 1. The molecule has 0 saturated carbocycles. The monoisotopic (exact) mass is 537 g/mol. The number of carbonyl (C=O) groups excluding carboxylic acids is 1. The molecule has 0 aromatic heterocycles. The van der Waals surface area contributed by atoms with Crippen molar-refractivity contribution in [3.63, 3.8) is 0 Å². The summed E-state index contributed by atoms with van der Waals surface area (Å²) >= 11 is 14.0. The number of likely N-dealkylation sites (N-methyl/N-ethyl adjacent to an activating group) is 1. The summed E-state index contributed by atoms with van der Waals surface area (Å²) < 4.78 is 5.79. The summed E-state index contributed by atoms with van der Waals surface area (Å²) in [5, 5.41) is 19.2. The molecule has 1 heterocycles. The third-order valence-corrected chi connectivity index (χ3v) is 6.79. The molecular formula is C26H17Cl2N3O4S. The number of aromatic carboxylic acids is 1. The Labute approximate surface area is 221 Å². The Morgan fingerprint density at radius 2 is 1.83 bits per heavy atom. The number of nitrogens with zero attached hydrogens (tertiary/aromatic N) is 3. The van der Waals surface area contributed by atoms with Gasteiger partial charge in [-0.25, -0.2) is 9.79 Å². The van der Waals surface area contributed by atoms with Gasteiger partial charge in [0.2, 0.25) is 0 Å². The van der Waals surface area contributed by atoms with Crippen molar-refractivity contribution in [2.75, 3.05) is 7.05 Å². The maximum atomic E-state index is 12.8. The molecule has 4 rings (SSSR count). The Bertz CT molecular complexity index is 1440. The molecule has 0 atom stereocenters. The summed E-state index contributed by atoms with van der Waals surface area (Å²) in [6, 6.07) is 18.5. The lowest BCUT2D eigenvalue weighted by molar-refractivity contribution is -0.121. The predicted molar refractivity (Wildman–Crippen MR) is 141 cm³/mol. The van der Waals surface area contributed by atoms with Gasteiger partial charge in [-0.15, -0.1) is 0 Å². The number of thioether (sulfide) groups is 1. The van der Waals surface area contributed by atoms with Crippen LogP contribution >= 0.6 is 35.0 Å². The molecule has 10 heteroatoms. The van der Waals surface area contributed by atoms with Crippen molar-refractivity contribution < 1.29 is 19.4 Å². The minimum atomic E-state index is -1.03. The lowest BCUT2D eigenvalue weighted by Gasteiger charge is -2.12. The molecule has 0 aliphatic carbocycles. The van der Waals surface area contributed by atoms with Crippen LogP contribution in [0.1, 0.15) is 27.0 Å². The van der Waals surface area contributed by atoms with Crippen LogP contribution in [0.4, 0.5) is 5.69 Å². The Hall–Kier alpha value is -3.77. The topological polar surface area (TPSA) is 103 Å². The number of aliphatic imine (C=N–C) groups is 1. The summed E-state index contributed by atoms with van der Waals surface area (Å²) in [6.45, 7) is 0.121. The molecular weight excluding hydrogens is 521 g/mol. The predicted octanol–water partition coefficient (Wildman–Crippen LogP) is 6.38. The number of halogens is 2. The standard InChI is InChI=1S/C26H17Cl2N3O4S/c1-31-24(32)22(36-26(31)30-19-8-6-16(7-9-19)25(33)34)12-15-10-20(27)23(21(28)11-15)35-14-18-5-3-2-4-17(18)13-29/h2-12H,14H2,1H3,(H,33,34)/b22-12-,30-26?. The normalized spacial score (nSPS) is 15.4. The van der Waals surface area contributed by atoms with E-state index in [0.717, 1.165) is 0 Å². The molecule has 0 spiro atoms. The Morgan fingerprint density at radius 3 is 2.47 bits per heavy atom. The van der Waals surface area contributed by atoms with Crippen LogP contribution in [0.3, 0.4) is 0 Å². The highest BCUT2D eigenvalue weighted by Gasteiger charge is 2.30. The molecule has 1 N–H and O–H groups in total. The van der Waals surface area contributed by atoms with Crippen LogP contribution in [-0.2, 0) is 11.4 Å². The van der Waals surface area contributed by atoms with E-state index in [0.29, 0.717) is 32.5 Å². The second-order valence-corrected chi connectivity index (χ2v) is 9.42. The van der Waals surface area contributed by atoms with Crippen molar-refractivity contribution in [3.8, 4) is 11.8 Å². The van der Waals surface area contributed by atoms with E-state index in [9.17, 15) is 14.9 Å². The number of hydrogen-bond acceptors (Lipinski definition) is 6. The van der Waals surface area contributed by atoms with Gasteiger partial charge in [-0.2, -0.15) is 5.26 Å². The highest BCUT2D eigenvalue weighted by molar-refractivity contribution is 8.18. The summed E-state index contributed by atoms with van der Waals surface area (Å²) in [6.07, 6.45) is 1.66. The van der Waals surface area contributed by atoms with Gasteiger partial charge >= 0.3 is 5.97 Å². The van der Waals surface area contributed by atoms with Crippen LogP contribution in [0.15, 0.2) is 70.6 Å². The fourth-order valence-electron chi connectivity index (χ4n) is 3.30. The molecule has 1 saturated heterocycles. The summed E-state index contributed by atoms with van der Waals surface area (Å²) in [4.78, 5) is 30.1. The second kappa shape index (κ2) is 10.9. The second-order valence-electron chi connectivity index (χ2n) is 7.59. The zero-order chi connectivity index (χ0) is 25.8. The van der Waals surface area contributed by atoms with Crippen molar-refractivity contribution in [1.29, 1.82) is 5.26 Å². The van der Waals surface area contributed by atoms with Gasteiger partial charge in [0.25, 0.3) is 5.91 Å². The van der Waals surface area contributed by atoms with Crippen LogP contribution in [0.2, 0.25) is 10.0 Å². The van der Waals surface area contributed by atoms with E-state index in [4.69, 9.17) is 33.0 Å². The first kappa shape index (κ1) is 25.3. The van der Waals surface area contributed by atoms with Crippen molar-refractivity contribution >= 4 is 63.8 Å². The van der Waals surface area contributed by atoms with Gasteiger partial charge in [0.15, 0.2) is 10.9 Å². The quantitative estimate of drug-likeness (QED) is 0.366. The molecule has 3 aromatic rings. The maximum absolute atomic E-state index is 12.8. The average molecular weight is 538 g/mol. The van der Waals surface area contributed by atoms with Crippen LogP contribution < -0.4 is 4.74 Å². The van der Waals surface area contributed by atoms with E-state index in [1.165, 1.54) is 28.8 Å². The molecule has 180 valence electrons. The molecule has 0 unspecified atom stereocenters. The fourth-order valence-corrected chi connectivity index (χ4v) is 4.90. The minimum Gasteiger partial charge on any atom is -0.486 e. The van der Waals surface area contributed by atoms with Gasteiger partial charge in [0.1, 0.15) is 6.61 Å². The Balaban J connectivity index is 1.53. The van der Waals surface area contributed by atoms with Crippen LogP contribution in [0.5, 0.6) is 5.75 Å². The summed E-state index contributed by atoms with van der Waals surface area (Å²) in [5.74, 6) is -0.993. The molecule has 0 radical (unpaired) electrons. The maximum Gasteiger partial charge on any atom is 0.335 e. The third kappa shape index (κ3) is 5.55. The number of amidine groups is 1. The molecule has 36 heavy (non-hydrogen) atoms. The van der Waals surface area contributed by atoms with Crippen LogP contribution in [0, 0.1) is 11.3 Å². The smallest absolute Gasteiger partial charge is 0.335 e. The number of rotatable bonds is 6. The SMILES string of the molecule is CN1C(=O)/C(=C/c2cc(Cl)c(OCc3ccccc3C#N)c(Cl)c2)SC1=Nc1ccc(C(=O)O)cc1. The van der Waals surface area contributed by atoms with Gasteiger partial charge in [0, 0.05) is 12.6 Å². The third-order valence-electron chi connectivity index (χ3n) is 5.17. The zero-order valence-electron chi connectivity index (χ0n) is 18.7. The first-order valence-corrected chi connectivity index (χ1v) is 12.0. The minimum absolute atomic E-state index is 0.121. The van der Waals surface area contributed by atoms with Crippen LogP contribution in [-0.4, -0.2) is 34.1 Å². The van der Waals surface area contributed by atoms with Crippen molar-refractivity contribution in [3.05, 3.63) is 97.9 Å². The van der Waals surface area contributed by atoms with Crippen molar-refractivity contribution in [2.45, 2.75) is 6.61 Å². The summed E-state index contributed by atoms with van der Waals surface area (Å²) in [5.41, 5.74) is 2.49. The highest BCUT2D eigenvalue weighted by atomic mass is 35.5. The molecule has 1 amide bonds. The summed E-state index contributed by atoms with van der Waals surface area (Å²) in [7, 11) is 1.61. The Morgan fingerprint density at radius 1 is 1.17 bits per heavy atom. The van der Waals surface area contributed by atoms with E-state index >= 15 is 0 Å². The number of carboxylic acid groups (broad SMARTS) is 1. The van der Waals surface area contributed by atoms with Gasteiger partial charge in [-0.05, 0) is 65.9 Å². The Kier molecular flexibility index (Phi) is 7.65. The lowest BCUT2D eigenvalue weighted by Crippen LogP contribution is -2.23. The van der Waals surface area contributed by atoms with Crippen molar-refractivity contribution in [2.24, 2.45) is 4.99 Å². The number of ether oxygens (including phenoxy) is 1.